The molecule has 0 spiro atoms. The Labute approximate surface area is 108 Å². The van der Waals surface area contributed by atoms with Crippen LogP contribution in [-0.2, 0) is 9.53 Å². The number of likely N-dealkylation sites (tertiary alicyclic amines) is 1. The van der Waals surface area contributed by atoms with E-state index in [0.717, 1.165) is 38.8 Å². The molecule has 1 unspecified atom stereocenters. The number of aliphatic carboxylic acids is 1. The molecular weight excluding hydrogens is 232 g/mol. The summed E-state index contributed by atoms with van der Waals surface area (Å²) in [6.07, 6.45) is 4.40. The molecule has 0 amide bonds. The molecule has 0 radical (unpaired) electrons. The van der Waals surface area contributed by atoms with Crippen molar-refractivity contribution in [1.29, 1.82) is 0 Å². The highest BCUT2D eigenvalue weighted by molar-refractivity contribution is 5.80. The zero-order chi connectivity index (χ0) is 13.2. The van der Waals surface area contributed by atoms with Crippen LogP contribution in [0.15, 0.2) is 0 Å². The molecule has 1 aliphatic heterocycles. The van der Waals surface area contributed by atoms with Gasteiger partial charge in [-0.3, -0.25) is 4.79 Å². The van der Waals surface area contributed by atoms with E-state index >= 15 is 0 Å². The van der Waals surface area contributed by atoms with Gasteiger partial charge in [0.15, 0.2) is 0 Å². The van der Waals surface area contributed by atoms with Gasteiger partial charge in [-0.1, -0.05) is 0 Å². The van der Waals surface area contributed by atoms with Crippen molar-refractivity contribution in [2.45, 2.75) is 37.3 Å². The first-order valence-electron chi connectivity index (χ1n) is 6.80. The first-order chi connectivity index (χ1) is 8.62. The van der Waals surface area contributed by atoms with E-state index in [-0.39, 0.29) is 0 Å². The summed E-state index contributed by atoms with van der Waals surface area (Å²) in [5.74, 6) is -0.415. The lowest BCUT2D eigenvalue weighted by atomic mass is 9.91. The maximum absolute atomic E-state index is 11.6. The standard InChI is InChI=1S/C13H24N2O3/c1-14-13(12(16)17,10-3-4-10)9-15-7-5-11(18-2)6-8-15/h10-11,14H,3-9H2,1-2H3,(H,16,17). The van der Waals surface area contributed by atoms with Gasteiger partial charge < -0.3 is 20.1 Å². The van der Waals surface area contributed by atoms with E-state index in [4.69, 9.17) is 4.74 Å². The molecule has 2 fully saturated rings. The fourth-order valence-electron chi connectivity index (χ4n) is 2.99. The van der Waals surface area contributed by atoms with Crippen molar-refractivity contribution in [3.63, 3.8) is 0 Å². The lowest BCUT2D eigenvalue weighted by Gasteiger charge is -2.38. The zero-order valence-electron chi connectivity index (χ0n) is 11.3. The Morgan fingerprint density at radius 2 is 2.00 bits per heavy atom. The van der Waals surface area contributed by atoms with Crippen molar-refractivity contribution < 1.29 is 14.6 Å². The summed E-state index contributed by atoms with van der Waals surface area (Å²) >= 11 is 0. The molecule has 104 valence electrons. The Balaban J connectivity index is 1.95. The Morgan fingerprint density at radius 1 is 1.39 bits per heavy atom. The van der Waals surface area contributed by atoms with Crippen LogP contribution in [0.2, 0.25) is 0 Å². The molecule has 1 aliphatic carbocycles. The van der Waals surface area contributed by atoms with Crippen LogP contribution in [0, 0.1) is 5.92 Å². The van der Waals surface area contributed by atoms with Gasteiger partial charge in [0.1, 0.15) is 5.54 Å². The van der Waals surface area contributed by atoms with E-state index in [2.05, 4.69) is 10.2 Å². The second-order valence-corrected chi connectivity index (χ2v) is 5.51. The number of likely N-dealkylation sites (N-methyl/N-ethyl adjacent to an activating group) is 1. The highest BCUT2D eigenvalue weighted by Gasteiger charge is 2.51. The van der Waals surface area contributed by atoms with Gasteiger partial charge in [0, 0.05) is 26.7 Å². The van der Waals surface area contributed by atoms with Crippen molar-refractivity contribution >= 4 is 5.97 Å². The lowest BCUT2D eigenvalue weighted by Crippen LogP contribution is -2.60. The second-order valence-electron chi connectivity index (χ2n) is 5.51. The number of carbonyl (C=O) groups is 1. The van der Waals surface area contributed by atoms with Gasteiger partial charge in [-0.05, 0) is 38.6 Å². The number of carboxylic acids is 1. The maximum Gasteiger partial charge on any atom is 0.325 e. The molecule has 1 heterocycles. The van der Waals surface area contributed by atoms with Gasteiger partial charge in [0.05, 0.1) is 6.10 Å². The van der Waals surface area contributed by atoms with Gasteiger partial charge >= 0.3 is 5.97 Å². The fourth-order valence-corrected chi connectivity index (χ4v) is 2.99. The fraction of sp³-hybridized carbons (Fsp3) is 0.923. The number of hydrogen-bond acceptors (Lipinski definition) is 4. The van der Waals surface area contributed by atoms with Crippen LogP contribution in [-0.4, -0.2) is 61.4 Å². The van der Waals surface area contributed by atoms with Crippen molar-refractivity contribution in [3.8, 4) is 0 Å². The summed E-state index contributed by atoms with van der Waals surface area (Å²) in [4.78, 5) is 13.9. The van der Waals surface area contributed by atoms with Crippen LogP contribution in [0.5, 0.6) is 0 Å². The minimum atomic E-state index is -0.750. The first-order valence-corrected chi connectivity index (χ1v) is 6.80. The molecule has 1 atom stereocenters. The van der Waals surface area contributed by atoms with E-state index in [1.807, 2.05) is 0 Å². The van der Waals surface area contributed by atoms with Crippen LogP contribution >= 0.6 is 0 Å². The van der Waals surface area contributed by atoms with Crippen LogP contribution in [0.4, 0.5) is 0 Å². The Hall–Kier alpha value is -0.650. The molecule has 5 nitrogen and oxygen atoms in total. The molecule has 0 aromatic heterocycles. The quantitative estimate of drug-likeness (QED) is 0.727. The number of ether oxygens (including phenoxy) is 1. The third kappa shape index (κ3) is 2.68. The predicted molar refractivity (Wildman–Crippen MR) is 68.6 cm³/mol. The zero-order valence-corrected chi connectivity index (χ0v) is 11.3. The average Bonchev–Trinajstić information content (AvgIpc) is 3.21. The van der Waals surface area contributed by atoms with Crippen LogP contribution in [0.1, 0.15) is 25.7 Å². The number of nitrogens with one attached hydrogen (secondary N) is 1. The summed E-state index contributed by atoms with van der Waals surface area (Å²) in [7, 11) is 3.52. The smallest absolute Gasteiger partial charge is 0.325 e. The largest absolute Gasteiger partial charge is 0.480 e. The highest BCUT2D eigenvalue weighted by atomic mass is 16.5. The number of rotatable bonds is 6. The molecular formula is C13H24N2O3. The summed E-state index contributed by atoms with van der Waals surface area (Å²) < 4.78 is 5.34. The minimum absolute atomic E-state index is 0.292. The van der Waals surface area contributed by atoms with E-state index in [1.54, 1.807) is 14.2 Å². The third-order valence-electron chi connectivity index (χ3n) is 4.44. The van der Waals surface area contributed by atoms with Gasteiger partial charge in [-0.25, -0.2) is 0 Å². The maximum atomic E-state index is 11.6. The Bertz CT molecular complexity index is 299. The molecule has 2 N–H and O–H groups in total. The topological polar surface area (TPSA) is 61.8 Å². The van der Waals surface area contributed by atoms with E-state index in [1.165, 1.54) is 0 Å². The number of carboxylic acid groups (broad SMARTS) is 1. The Kier molecular flexibility index (Phi) is 4.25. The number of nitrogens with zero attached hydrogens (tertiary/aromatic N) is 1. The summed E-state index contributed by atoms with van der Waals surface area (Å²) in [5, 5.41) is 12.6. The van der Waals surface area contributed by atoms with Gasteiger partial charge in [0.2, 0.25) is 0 Å². The molecule has 2 rings (SSSR count). The predicted octanol–water partition coefficient (Wildman–Crippen LogP) is 0.550. The average molecular weight is 256 g/mol. The van der Waals surface area contributed by atoms with E-state index in [9.17, 15) is 9.90 Å². The second kappa shape index (κ2) is 5.55. The van der Waals surface area contributed by atoms with Gasteiger partial charge in [-0.15, -0.1) is 0 Å². The van der Waals surface area contributed by atoms with E-state index < -0.39 is 11.5 Å². The monoisotopic (exact) mass is 256 g/mol. The summed E-state index contributed by atoms with van der Waals surface area (Å²) in [5.41, 5.74) is -0.750. The van der Waals surface area contributed by atoms with Crippen LogP contribution < -0.4 is 5.32 Å². The third-order valence-corrected chi connectivity index (χ3v) is 4.44. The number of piperidine rings is 1. The molecule has 0 bridgehead atoms. The van der Waals surface area contributed by atoms with Gasteiger partial charge in [0.25, 0.3) is 0 Å². The van der Waals surface area contributed by atoms with Crippen molar-refractivity contribution in [1.82, 2.24) is 10.2 Å². The summed E-state index contributed by atoms with van der Waals surface area (Å²) in [6.45, 7) is 2.48. The van der Waals surface area contributed by atoms with Gasteiger partial charge in [-0.2, -0.15) is 0 Å². The highest BCUT2D eigenvalue weighted by Crippen LogP contribution is 2.40. The minimum Gasteiger partial charge on any atom is -0.480 e. The lowest BCUT2D eigenvalue weighted by molar-refractivity contribution is -0.147. The molecule has 1 saturated carbocycles. The summed E-state index contributed by atoms with van der Waals surface area (Å²) in [6, 6.07) is 0. The number of hydrogen-bond donors (Lipinski definition) is 2. The number of methoxy groups -OCH3 is 1. The molecule has 2 aliphatic rings. The van der Waals surface area contributed by atoms with Crippen molar-refractivity contribution in [3.05, 3.63) is 0 Å². The molecule has 5 heteroatoms. The van der Waals surface area contributed by atoms with Crippen LogP contribution in [0.25, 0.3) is 0 Å². The van der Waals surface area contributed by atoms with E-state index in [0.29, 0.717) is 18.6 Å². The van der Waals surface area contributed by atoms with Crippen LogP contribution in [0.3, 0.4) is 0 Å². The Morgan fingerprint density at radius 3 is 2.39 bits per heavy atom. The first kappa shape index (κ1) is 13.8. The molecule has 1 saturated heterocycles. The normalized spacial score (nSPS) is 25.9. The SMILES string of the molecule is CNC(CN1CCC(OC)CC1)(C(=O)O)C1CC1. The van der Waals surface area contributed by atoms with Crippen molar-refractivity contribution in [2.75, 3.05) is 33.8 Å². The molecule has 0 aromatic carbocycles. The molecule has 18 heavy (non-hydrogen) atoms. The molecule has 0 aromatic rings. The van der Waals surface area contributed by atoms with Crippen molar-refractivity contribution in [2.24, 2.45) is 5.92 Å².